The number of anilines is 1. The third kappa shape index (κ3) is 3.55. The molecular formula is C21H25N3OS. The summed E-state index contributed by atoms with van der Waals surface area (Å²) < 4.78 is 0. The highest BCUT2D eigenvalue weighted by Gasteiger charge is 2.22. The number of hydrogen-bond acceptors (Lipinski definition) is 3. The molecule has 2 aromatic heterocycles. The van der Waals surface area contributed by atoms with Crippen molar-refractivity contribution >= 4 is 33.8 Å². The fraction of sp³-hybridized carbons (Fsp3) is 0.381. The van der Waals surface area contributed by atoms with Crippen LogP contribution in [0.3, 0.4) is 0 Å². The van der Waals surface area contributed by atoms with Crippen LogP contribution in [0.4, 0.5) is 5.69 Å². The van der Waals surface area contributed by atoms with E-state index in [1.165, 1.54) is 46.3 Å². The van der Waals surface area contributed by atoms with E-state index in [1.54, 1.807) is 0 Å². The molecule has 0 bridgehead atoms. The maximum atomic E-state index is 12.3. The minimum absolute atomic E-state index is 0.0367. The van der Waals surface area contributed by atoms with Crippen LogP contribution in [0.5, 0.6) is 0 Å². The number of hydrogen-bond donors (Lipinski definition) is 3. The monoisotopic (exact) mass is 367 g/mol. The average Bonchev–Trinajstić information content (AvgIpc) is 3.30. The van der Waals surface area contributed by atoms with Crippen molar-refractivity contribution in [1.29, 1.82) is 0 Å². The van der Waals surface area contributed by atoms with E-state index < -0.39 is 0 Å². The molecule has 26 heavy (non-hydrogen) atoms. The average molecular weight is 368 g/mol. The molecule has 1 unspecified atom stereocenters. The molecule has 0 spiro atoms. The smallest absolute Gasteiger partial charge is 0.265 e. The van der Waals surface area contributed by atoms with Crippen LogP contribution < -0.4 is 10.6 Å². The van der Waals surface area contributed by atoms with Crippen LogP contribution in [0.25, 0.3) is 10.9 Å². The standard InChI is InChI=1S/C21H25N3OS/c1-2-9-22-13-14-5-7-18-16(11-14)17-12-15(6-8-19(17)24-18)23-21(25)20-4-3-10-26-20/h3-4,6,8,10,12,14,22,24H,2,5,7,9,11,13H2,1H3,(H,23,25). The molecule has 0 aliphatic heterocycles. The highest BCUT2D eigenvalue weighted by molar-refractivity contribution is 7.12. The van der Waals surface area contributed by atoms with Crippen molar-refractivity contribution in [3.8, 4) is 0 Å². The lowest BCUT2D eigenvalue weighted by atomic mass is 9.86. The van der Waals surface area contributed by atoms with E-state index in [1.807, 2.05) is 23.6 Å². The number of carbonyl (C=O) groups is 1. The molecule has 1 aromatic carbocycles. The summed E-state index contributed by atoms with van der Waals surface area (Å²) in [5.41, 5.74) is 4.84. The van der Waals surface area contributed by atoms with E-state index in [0.29, 0.717) is 5.92 Å². The van der Waals surface area contributed by atoms with Crippen LogP contribution in [0.15, 0.2) is 35.7 Å². The summed E-state index contributed by atoms with van der Waals surface area (Å²) in [6.45, 7) is 4.39. The molecule has 1 aliphatic rings. The Hall–Kier alpha value is -2.11. The highest BCUT2D eigenvalue weighted by Crippen LogP contribution is 2.33. The lowest BCUT2D eigenvalue weighted by Crippen LogP contribution is -2.27. The molecule has 3 N–H and O–H groups in total. The minimum Gasteiger partial charge on any atom is -0.358 e. The topological polar surface area (TPSA) is 56.9 Å². The Morgan fingerprint density at radius 3 is 3.08 bits per heavy atom. The maximum Gasteiger partial charge on any atom is 0.265 e. The number of aromatic amines is 1. The lowest BCUT2D eigenvalue weighted by Gasteiger charge is -2.22. The van der Waals surface area contributed by atoms with Gasteiger partial charge in [-0.2, -0.15) is 0 Å². The largest absolute Gasteiger partial charge is 0.358 e. The van der Waals surface area contributed by atoms with E-state index in [0.717, 1.165) is 36.5 Å². The van der Waals surface area contributed by atoms with Gasteiger partial charge in [-0.3, -0.25) is 4.79 Å². The molecule has 1 aliphatic carbocycles. The minimum atomic E-state index is -0.0367. The second kappa shape index (κ2) is 7.64. The van der Waals surface area contributed by atoms with Crippen LogP contribution in [-0.4, -0.2) is 24.0 Å². The fourth-order valence-electron chi connectivity index (χ4n) is 3.82. The van der Waals surface area contributed by atoms with Gasteiger partial charge in [0.15, 0.2) is 0 Å². The zero-order valence-corrected chi connectivity index (χ0v) is 15.9. The van der Waals surface area contributed by atoms with Crippen molar-refractivity contribution in [2.75, 3.05) is 18.4 Å². The second-order valence-electron chi connectivity index (χ2n) is 7.09. The number of amides is 1. The molecular weight excluding hydrogens is 342 g/mol. The third-order valence-electron chi connectivity index (χ3n) is 5.15. The number of aromatic nitrogens is 1. The highest BCUT2D eigenvalue weighted by atomic mass is 32.1. The van der Waals surface area contributed by atoms with E-state index in [-0.39, 0.29) is 5.91 Å². The molecule has 5 heteroatoms. The first-order valence-corrected chi connectivity index (χ1v) is 10.3. The van der Waals surface area contributed by atoms with Gasteiger partial charge in [0.05, 0.1) is 4.88 Å². The zero-order chi connectivity index (χ0) is 17.9. The molecule has 0 saturated carbocycles. The van der Waals surface area contributed by atoms with Crippen molar-refractivity contribution in [1.82, 2.24) is 10.3 Å². The summed E-state index contributed by atoms with van der Waals surface area (Å²) in [5, 5.41) is 9.77. The molecule has 0 saturated heterocycles. The number of H-pyrrole nitrogens is 1. The Kier molecular flexibility index (Phi) is 5.09. The molecule has 3 aromatic rings. The van der Waals surface area contributed by atoms with Gasteiger partial charge in [-0.15, -0.1) is 11.3 Å². The van der Waals surface area contributed by atoms with Crippen molar-refractivity contribution in [3.05, 3.63) is 51.8 Å². The third-order valence-corrected chi connectivity index (χ3v) is 6.02. The van der Waals surface area contributed by atoms with Crippen LogP contribution in [0.1, 0.15) is 40.7 Å². The van der Waals surface area contributed by atoms with E-state index >= 15 is 0 Å². The summed E-state index contributed by atoms with van der Waals surface area (Å²) in [4.78, 5) is 16.6. The van der Waals surface area contributed by atoms with Gasteiger partial charge in [0, 0.05) is 22.3 Å². The molecule has 0 fully saturated rings. The summed E-state index contributed by atoms with van der Waals surface area (Å²) in [6, 6.07) is 9.94. The van der Waals surface area contributed by atoms with Gasteiger partial charge in [0.1, 0.15) is 0 Å². The molecule has 136 valence electrons. The van der Waals surface area contributed by atoms with Crippen molar-refractivity contribution in [2.45, 2.75) is 32.6 Å². The van der Waals surface area contributed by atoms with Crippen LogP contribution >= 0.6 is 11.3 Å². The number of rotatable bonds is 6. The first-order valence-electron chi connectivity index (χ1n) is 9.43. The quantitative estimate of drug-likeness (QED) is 0.558. The van der Waals surface area contributed by atoms with Crippen molar-refractivity contribution in [3.63, 3.8) is 0 Å². The van der Waals surface area contributed by atoms with Crippen LogP contribution in [0, 0.1) is 5.92 Å². The number of benzene rings is 1. The van der Waals surface area contributed by atoms with Gasteiger partial charge in [0.2, 0.25) is 0 Å². The summed E-state index contributed by atoms with van der Waals surface area (Å²) in [6.07, 6.45) is 4.63. The summed E-state index contributed by atoms with van der Waals surface area (Å²) >= 11 is 1.46. The molecule has 0 radical (unpaired) electrons. The normalized spacial score (nSPS) is 16.6. The Morgan fingerprint density at radius 2 is 2.27 bits per heavy atom. The second-order valence-corrected chi connectivity index (χ2v) is 8.03. The predicted octanol–water partition coefficient (Wildman–Crippen LogP) is 4.59. The number of aryl methyl sites for hydroxylation is 1. The Bertz CT molecular complexity index is 898. The number of thiophene rings is 1. The van der Waals surface area contributed by atoms with Gasteiger partial charge in [-0.05, 0) is 79.9 Å². The SMILES string of the molecule is CCCNCC1CCc2[nH]c3ccc(NC(=O)c4cccs4)cc3c2C1. The number of carbonyl (C=O) groups excluding carboxylic acids is 1. The predicted molar refractivity (Wildman–Crippen MR) is 109 cm³/mol. The zero-order valence-electron chi connectivity index (χ0n) is 15.1. The molecule has 1 amide bonds. The first-order chi connectivity index (χ1) is 12.7. The van der Waals surface area contributed by atoms with Crippen LogP contribution in [0.2, 0.25) is 0 Å². The number of nitrogens with one attached hydrogen (secondary N) is 3. The van der Waals surface area contributed by atoms with Crippen LogP contribution in [-0.2, 0) is 12.8 Å². The van der Waals surface area contributed by atoms with E-state index in [4.69, 9.17) is 0 Å². The van der Waals surface area contributed by atoms with Gasteiger partial charge in [0.25, 0.3) is 5.91 Å². The summed E-state index contributed by atoms with van der Waals surface area (Å²) in [7, 11) is 0. The molecule has 4 rings (SSSR count). The van der Waals surface area contributed by atoms with Crippen molar-refractivity contribution < 1.29 is 4.79 Å². The van der Waals surface area contributed by atoms with Gasteiger partial charge in [-0.25, -0.2) is 0 Å². The van der Waals surface area contributed by atoms with E-state index in [9.17, 15) is 4.79 Å². The number of fused-ring (bicyclic) bond motifs is 3. The fourth-order valence-corrected chi connectivity index (χ4v) is 4.44. The molecule has 4 nitrogen and oxygen atoms in total. The maximum absolute atomic E-state index is 12.3. The summed E-state index contributed by atoms with van der Waals surface area (Å²) in [5.74, 6) is 0.655. The van der Waals surface area contributed by atoms with E-state index in [2.05, 4.69) is 34.7 Å². The van der Waals surface area contributed by atoms with Gasteiger partial charge >= 0.3 is 0 Å². The molecule has 2 heterocycles. The van der Waals surface area contributed by atoms with Gasteiger partial charge in [-0.1, -0.05) is 13.0 Å². The lowest BCUT2D eigenvalue weighted by molar-refractivity contribution is 0.103. The van der Waals surface area contributed by atoms with Crippen molar-refractivity contribution in [2.24, 2.45) is 5.92 Å². The Morgan fingerprint density at radius 1 is 1.35 bits per heavy atom. The van der Waals surface area contributed by atoms with Gasteiger partial charge < -0.3 is 15.6 Å². The Balaban J connectivity index is 1.54. The molecule has 1 atom stereocenters. The Labute approximate surface area is 158 Å². The first kappa shape index (κ1) is 17.3.